The van der Waals surface area contributed by atoms with Gasteiger partial charge in [0.1, 0.15) is 0 Å². The number of ether oxygens (including phenoxy) is 1. The Bertz CT molecular complexity index is 159. The van der Waals surface area contributed by atoms with Gasteiger partial charge in [-0.05, 0) is 25.2 Å². The molecule has 3 heteroatoms. The zero-order valence-electron chi connectivity index (χ0n) is 7.58. The molecule has 1 aliphatic rings. The van der Waals surface area contributed by atoms with E-state index in [1.54, 1.807) is 0 Å². The van der Waals surface area contributed by atoms with Crippen LogP contribution in [0.15, 0.2) is 0 Å². The summed E-state index contributed by atoms with van der Waals surface area (Å²) in [6.45, 7) is 2.01. The second-order valence-corrected chi connectivity index (χ2v) is 3.60. The third kappa shape index (κ3) is 3.22. The molecule has 2 N–H and O–H groups in total. The summed E-state index contributed by atoms with van der Waals surface area (Å²) in [6.07, 6.45) is 4.46. The molecule has 0 aromatic rings. The molecule has 0 amide bonds. The zero-order valence-corrected chi connectivity index (χ0v) is 7.58. The van der Waals surface area contributed by atoms with Crippen LogP contribution >= 0.6 is 0 Å². The molecule has 0 aromatic heterocycles. The Balaban J connectivity index is 2.18. The molecule has 0 unspecified atom stereocenters. The van der Waals surface area contributed by atoms with Crippen molar-refractivity contribution in [3.63, 3.8) is 0 Å². The van der Waals surface area contributed by atoms with Crippen molar-refractivity contribution in [2.75, 3.05) is 6.61 Å². The summed E-state index contributed by atoms with van der Waals surface area (Å²) in [6, 6.07) is 0.319. The minimum Gasteiger partial charge on any atom is -0.466 e. The van der Waals surface area contributed by atoms with E-state index in [1.807, 2.05) is 0 Å². The van der Waals surface area contributed by atoms with Crippen molar-refractivity contribution < 1.29 is 9.53 Å². The first-order valence-electron chi connectivity index (χ1n) is 4.57. The molecule has 1 fully saturated rings. The molecule has 1 rings (SSSR count). The lowest BCUT2D eigenvalue weighted by Crippen LogP contribution is -2.30. The molecule has 0 bridgehead atoms. The van der Waals surface area contributed by atoms with Crippen molar-refractivity contribution in [1.82, 2.24) is 0 Å². The largest absolute Gasteiger partial charge is 0.466 e. The second-order valence-electron chi connectivity index (χ2n) is 3.60. The maximum absolute atomic E-state index is 10.5. The van der Waals surface area contributed by atoms with Gasteiger partial charge in [-0.3, -0.25) is 4.79 Å². The van der Waals surface area contributed by atoms with Crippen LogP contribution in [-0.2, 0) is 9.53 Å². The van der Waals surface area contributed by atoms with Gasteiger partial charge in [0.05, 0.1) is 6.61 Å². The number of carbonyl (C=O) groups is 1. The van der Waals surface area contributed by atoms with Gasteiger partial charge in [0.15, 0.2) is 0 Å². The summed E-state index contributed by atoms with van der Waals surface area (Å²) < 4.78 is 4.94. The summed E-state index contributed by atoms with van der Waals surface area (Å²) in [5.41, 5.74) is 5.79. The van der Waals surface area contributed by atoms with Crippen molar-refractivity contribution in [3.8, 4) is 0 Å². The van der Waals surface area contributed by atoms with Crippen LogP contribution in [0.25, 0.3) is 0 Å². The summed E-state index contributed by atoms with van der Waals surface area (Å²) >= 11 is 0. The van der Waals surface area contributed by atoms with E-state index >= 15 is 0 Å². The standard InChI is InChI=1S/C9H17NO2/c1-7(11)12-6-8-3-2-4-9(10)5-8/h8-9H,2-6,10H2,1H3/t8-,9+/m0/s1. The van der Waals surface area contributed by atoms with Crippen molar-refractivity contribution >= 4 is 5.97 Å². The van der Waals surface area contributed by atoms with Gasteiger partial charge in [0.2, 0.25) is 0 Å². The number of nitrogens with two attached hydrogens (primary N) is 1. The predicted molar refractivity (Wildman–Crippen MR) is 46.6 cm³/mol. The van der Waals surface area contributed by atoms with Gasteiger partial charge in [-0.15, -0.1) is 0 Å². The van der Waals surface area contributed by atoms with Crippen LogP contribution in [0.5, 0.6) is 0 Å². The summed E-state index contributed by atoms with van der Waals surface area (Å²) in [5.74, 6) is 0.312. The quantitative estimate of drug-likeness (QED) is 0.632. The maximum atomic E-state index is 10.5. The fraction of sp³-hybridized carbons (Fsp3) is 0.889. The highest BCUT2D eigenvalue weighted by molar-refractivity contribution is 5.65. The van der Waals surface area contributed by atoms with Crippen molar-refractivity contribution in [1.29, 1.82) is 0 Å². The SMILES string of the molecule is CC(=O)OC[C@H]1CCC[C@@H](N)C1. The monoisotopic (exact) mass is 171 g/mol. The van der Waals surface area contributed by atoms with E-state index in [0.29, 0.717) is 18.6 Å². The van der Waals surface area contributed by atoms with Crippen LogP contribution in [0.3, 0.4) is 0 Å². The van der Waals surface area contributed by atoms with E-state index in [2.05, 4.69) is 0 Å². The molecule has 1 saturated carbocycles. The highest BCUT2D eigenvalue weighted by Crippen LogP contribution is 2.23. The fourth-order valence-electron chi connectivity index (χ4n) is 1.72. The number of carbonyl (C=O) groups excluding carboxylic acids is 1. The van der Waals surface area contributed by atoms with E-state index in [4.69, 9.17) is 10.5 Å². The van der Waals surface area contributed by atoms with Gasteiger partial charge in [-0.25, -0.2) is 0 Å². The van der Waals surface area contributed by atoms with E-state index in [9.17, 15) is 4.79 Å². The molecule has 70 valence electrons. The van der Waals surface area contributed by atoms with Crippen molar-refractivity contribution in [2.45, 2.75) is 38.6 Å². The molecule has 3 nitrogen and oxygen atoms in total. The van der Waals surface area contributed by atoms with Gasteiger partial charge in [0, 0.05) is 13.0 Å². The highest BCUT2D eigenvalue weighted by Gasteiger charge is 2.19. The molecule has 0 heterocycles. The Labute approximate surface area is 73.3 Å². The first-order valence-corrected chi connectivity index (χ1v) is 4.57. The zero-order chi connectivity index (χ0) is 8.97. The first-order chi connectivity index (χ1) is 5.68. The van der Waals surface area contributed by atoms with Crippen LogP contribution in [0.2, 0.25) is 0 Å². The smallest absolute Gasteiger partial charge is 0.302 e. The average molecular weight is 171 g/mol. The molecule has 0 radical (unpaired) electrons. The van der Waals surface area contributed by atoms with Crippen LogP contribution in [0.4, 0.5) is 0 Å². The lowest BCUT2D eigenvalue weighted by molar-refractivity contribution is -0.142. The Morgan fingerprint density at radius 1 is 1.58 bits per heavy atom. The average Bonchev–Trinajstić information content (AvgIpc) is 2.01. The maximum Gasteiger partial charge on any atom is 0.302 e. The Morgan fingerprint density at radius 3 is 2.92 bits per heavy atom. The van der Waals surface area contributed by atoms with Gasteiger partial charge in [-0.2, -0.15) is 0 Å². The first kappa shape index (κ1) is 9.52. The Kier molecular flexibility index (Phi) is 3.53. The van der Waals surface area contributed by atoms with E-state index in [-0.39, 0.29) is 5.97 Å². The highest BCUT2D eigenvalue weighted by atomic mass is 16.5. The third-order valence-corrected chi connectivity index (χ3v) is 2.35. The van der Waals surface area contributed by atoms with Crippen LogP contribution in [-0.4, -0.2) is 18.6 Å². The summed E-state index contributed by atoms with van der Waals surface area (Å²) in [7, 11) is 0. The minimum atomic E-state index is -0.186. The van der Waals surface area contributed by atoms with Crippen LogP contribution in [0.1, 0.15) is 32.6 Å². The number of rotatable bonds is 2. The van der Waals surface area contributed by atoms with Gasteiger partial charge in [0.25, 0.3) is 0 Å². The van der Waals surface area contributed by atoms with Crippen molar-refractivity contribution in [2.24, 2.45) is 11.7 Å². The predicted octanol–water partition coefficient (Wildman–Crippen LogP) is 1.07. The molecular formula is C9H17NO2. The topological polar surface area (TPSA) is 52.3 Å². The third-order valence-electron chi connectivity index (χ3n) is 2.35. The number of hydrogen-bond donors (Lipinski definition) is 1. The van der Waals surface area contributed by atoms with Crippen molar-refractivity contribution in [3.05, 3.63) is 0 Å². The van der Waals surface area contributed by atoms with Gasteiger partial charge in [-0.1, -0.05) is 6.42 Å². The lowest BCUT2D eigenvalue weighted by Gasteiger charge is -2.25. The van der Waals surface area contributed by atoms with E-state index in [1.165, 1.54) is 13.3 Å². The molecule has 0 spiro atoms. The van der Waals surface area contributed by atoms with Crippen LogP contribution in [0, 0.1) is 5.92 Å². The molecule has 0 aliphatic heterocycles. The van der Waals surface area contributed by atoms with Gasteiger partial charge < -0.3 is 10.5 Å². The number of esters is 1. The Morgan fingerprint density at radius 2 is 2.33 bits per heavy atom. The number of hydrogen-bond acceptors (Lipinski definition) is 3. The summed E-state index contributed by atoms with van der Waals surface area (Å²) in [4.78, 5) is 10.5. The molecule has 12 heavy (non-hydrogen) atoms. The molecular weight excluding hydrogens is 154 g/mol. The van der Waals surface area contributed by atoms with E-state index in [0.717, 1.165) is 19.3 Å². The van der Waals surface area contributed by atoms with Crippen LogP contribution < -0.4 is 5.73 Å². The molecule has 1 aliphatic carbocycles. The Hall–Kier alpha value is -0.570. The minimum absolute atomic E-state index is 0.186. The fourth-order valence-corrected chi connectivity index (χ4v) is 1.72. The molecule has 0 aromatic carbocycles. The second kappa shape index (κ2) is 4.45. The molecule has 2 atom stereocenters. The van der Waals surface area contributed by atoms with Gasteiger partial charge >= 0.3 is 5.97 Å². The normalized spacial score (nSPS) is 29.8. The van der Waals surface area contributed by atoms with E-state index < -0.39 is 0 Å². The molecule has 0 saturated heterocycles. The lowest BCUT2D eigenvalue weighted by atomic mass is 9.87. The summed E-state index contributed by atoms with van der Waals surface area (Å²) in [5, 5.41) is 0.